The van der Waals surface area contributed by atoms with Gasteiger partial charge in [-0.2, -0.15) is 8.78 Å². The summed E-state index contributed by atoms with van der Waals surface area (Å²) in [4.78, 5) is 11.1. The Morgan fingerprint density at radius 1 is 1.33 bits per heavy atom. The van der Waals surface area contributed by atoms with Crippen molar-refractivity contribution in [1.29, 1.82) is 0 Å². The van der Waals surface area contributed by atoms with Crippen molar-refractivity contribution in [2.75, 3.05) is 20.3 Å². The fraction of sp³-hybridized carbons (Fsp3) is 0.364. The molecule has 0 spiro atoms. The Hall–Kier alpha value is -1.56. The quantitative estimate of drug-likeness (QED) is 0.779. The van der Waals surface area contributed by atoms with E-state index in [4.69, 9.17) is 21.1 Å². The molecule has 4 nitrogen and oxygen atoms in total. The van der Waals surface area contributed by atoms with E-state index in [-0.39, 0.29) is 23.1 Å². The first kappa shape index (κ1) is 12.9. The fourth-order valence-corrected chi connectivity index (χ4v) is 1.82. The van der Waals surface area contributed by atoms with Gasteiger partial charge in [0.2, 0.25) is 0 Å². The van der Waals surface area contributed by atoms with Gasteiger partial charge in [0.25, 0.3) is 0 Å². The van der Waals surface area contributed by atoms with E-state index in [0.29, 0.717) is 6.61 Å². The summed E-state index contributed by atoms with van der Waals surface area (Å²) in [5.74, 6) is -5.11. The summed E-state index contributed by atoms with van der Waals surface area (Å²) >= 11 is 5.72. The molecule has 0 aromatic heterocycles. The third kappa shape index (κ3) is 2.08. The van der Waals surface area contributed by atoms with Crippen molar-refractivity contribution in [3.8, 4) is 11.5 Å². The fourth-order valence-electron chi connectivity index (χ4n) is 1.54. The molecule has 1 aliphatic rings. The molecule has 18 heavy (non-hydrogen) atoms. The molecule has 2 rings (SSSR count). The van der Waals surface area contributed by atoms with Crippen LogP contribution in [0.2, 0.25) is 5.02 Å². The van der Waals surface area contributed by atoms with Crippen molar-refractivity contribution in [3.05, 3.63) is 22.7 Å². The average molecular weight is 279 g/mol. The van der Waals surface area contributed by atoms with E-state index in [1.807, 2.05) is 0 Å². The van der Waals surface area contributed by atoms with Crippen molar-refractivity contribution in [1.82, 2.24) is 0 Å². The van der Waals surface area contributed by atoms with Gasteiger partial charge in [-0.1, -0.05) is 11.6 Å². The zero-order chi connectivity index (χ0) is 13.3. The van der Waals surface area contributed by atoms with E-state index in [0.717, 1.165) is 13.2 Å². The number of alkyl halides is 2. The SMILES string of the molecule is COC(=O)C(F)(F)c1cc2c(cc1Cl)OCCO2. The van der Waals surface area contributed by atoms with Crippen LogP contribution in [0.4, 0.5) is 8.78 Å². The molecule has 1 aromatic carbocycles. The molecule has 0 saturated carbocycles. The van der Waals surface area contributed by atoms with E-state index >= 15 is 0 Å². The third-order valence-electron chi connectivity index (χ3n) is 2.41. The van der Waals surface area contributed by atoms with Crippen molar-refractivity contribution in [3.63, 3.8) is 0 Å². The molecule has 0 fully saturated rings. The van der Waals surface area contributed by atoms with E-state index in [2.05, 4.69) is 4.74 Å². The number of fused-ring (bicyclic) bond motifs is 1. The second kappa shape index (κ2) is 4.61. The summed E-state index contributed by atoms with van der Waals surface area (Å²) in [7, 11) is 0.877. The van der Waals surface area contributed by atoms with Crippen LogP contribution in [0, 0.1) is 0 Å². The number of carbonyl (C=O) groups excluding carboxylic acids is 1. The highest BCUT2D eigenvalue weighted by Crippen LogP contribution is 2.42. The van der Waals surface area contributed by atoms with E-state index < -0.39 is 17.5 Å². The minimum Gasteiger partial charge on any atom is -0.486 e. The second-order valence-electron chi connectivity index (χ2n) is 3.54. The molecule has 0 radical (unpaired) electrons. The molecule has 0 unspecified atom stereocenters. The van der Waals surface area contributed by atoms with Crippen molar-refractivity contribution in [2.24, 2.45) is 0 Å². The van der Waals surface area contributed by atoms with Gasteiger partial charge in [0.15, 0.2) is 11.5 Å². The van der Waals surface area contributed by atoms with Crippen molar-refractivity contribution < 1.29 is 27.8 Å². The first-order chi connectivity index (χ1) is 8.46. The number of carbonyl (C=O) groups is 1. The number of benzene rings is 1. The maximum Gasteiger partial charge on any atom is 0.381 e. The number of ether oxygens (including phenoxy) is 3. The molecule has 1 heterocycles. The van der Waals surface area contributed by atoms with Crippen LogP contribution in [0.25, 0.3) is 0 Å². The second-order valence-corrected chi connectivity index (χ2v) is 3.95. The molecule has 0 N–H and O–H groups in total. The highest BCUT2D eigenvalue weighted by Gasteiger charge is 2.44. The molecular weight excluding hydrogens is 270 g/mol. The minimum absolute atomic E-state index is 0.129. The zero-order valence-corrected chi connectivity index (χ0v) is 10.1. The first-order valence-electron chi connectivity index (χ1n) is 5.02. The number of esters is 1. The van der Waals surface area contributed by atoms with Crippen LogP contribution < -0.4 is 9.47 Å². The van der Waals surface area contributed by atoms with Gasteiger partial charge in [0.05, 0.1) is 17.7 Å². The summed E-state index contributed by atoms with van der Waals surface area (Å²) in [6, 6.07) is 2.19. The van der Waals surface area contributed by atoms with Gasteiger partial charge < -0.3 is 14.2 Å². The standard InChI is InChI=1S/C11H9ClF2O4/c1-16-10(15)11(13,14)6-4-8-9(5-7(6)12)18-3-2-17-8/h4-5H,2-3H2,1H3. The van der Waals surface area contributed by atoms with Crippen LogP contribution in [0.3, 0.4) is 0 Å². The van der Waals surface area contributed by atoms with Gasteiger partial charge in [-0.25, -0.2) is 4.79 Å². The molecular formula is C11H9ClF2O4. The van der Waals surface area contributed by atoms with Crippen LogP contribution in [0.15, 0.2) is 12.1 Å². The lowest BCUT2D eigenvalue weighted by atomic mass is 10.1. The maximum absolute atomic E-state index is 13.7. The molecule has 0 aliphatic carbocycles. The topological polar surface area (TPSA) is 44.8 Å². The molecule has 7 heteroatoms. The number of rotatable bonds is 2. The van der Waals surface area contributed by atoms with E-state index in [1.54, 1.807) is 0 Å². The smallest absolute Gasteiger partial charge is 0.381 e. The Balaban J connectivity index is 2.48. The molecule has 0 atom stereocenters. The summed E-state index contributed by atoms with van der Waals surface area (Å²) in [6.45, 7) is 0.563. The van der Waals surface area contributed by atoms with Gasteiger partial charge >= 0.3 is 11.9 Å². The average Bonchev–Trinajstić information content (AvgIpc) is 2.36. The van der Waals surface area contributed by atoms with Gasteiger partial charge in [0.1, 0.15) is 13.2 Å². The van der Waals surface area contributed by atoms with E-state index in [9.17, 15) is 13.6 Å². The summed E-state index contributed by atoms with van der Waals surface area (Å²) in [5, 5.41) is -0.283. The molecule has 1 aliphatic heterocycles. The lowest BCUT2D eigenvalue weighted by Crippen LogP contribution is -2.28. The minimum atomic E-state index is -3.83. The summed E-state index contributed by atoms with van der Waals surface area (Å²) < 4.78 is 41.8. The Kier molecular flexibility index (Phi) is 3.30. The molecule has 1 aromatic rings. The van der Waals surface area contributed by atoms with Crippen LogP contribution >= 0.6 is 11.6 Å². The van der Waals surface area contributed by atoms with Gasteiger partial charge in [0, 0.05) is 6.07 Å². The third-order valence-corrected chi connectivity index (χ3v) is 2.72. The van der Waals surface area contributed by atoms with Crippen LogP contribution in [-0.2, 0) is 15.5 Å². The summed E-state index contributed by atoms with van der Waals surface area (Å²) in [5.41, 5.74) is -0.666. The zero-order valence-electron chi connectivity index (χ0n) is 9.34. The Labute approximate surface area is 106 Å². The number of halogens is 3. The molecule has 0 bridgehead atoms. The Bertz CT molecular complexity index is 490. The summed E-state index contributed by atoms with van der Waals surface area (Å²) in [6.07, 6.45) is 0. The van der Waals surface area contributed by atoms with Crippen LogP contribution in [0.1, 0.15) is 5.56 Å². The molecule has 98 valence electrons. The monoisotopic (exact) mass is 278 g/mol. The number of hydrogen-bond donors (Lipinski definition) is 0. The van der Waals surface area contributed by atoms with E-state index in [1.165, 1.54) is 6.07 Å². The van der Waals surface area contributed by atoms with Crippen LogP contribution in [-0.4, -0.2) is 26.3 Å². The highest BCUT2D eigenvalue weighted by molar-refractivity contribution is 6.32. The van der Waals surface area contributed by atoms with Gasteiger partial charge in [-0.05, 0) is 6.07 Å². The van der Waals surface area contributed by atoms with Gasteiger partial charge in [-0.15, -0.1) is 0 Å². The lowest BCUT2D eigenvalue weighted by Gasteiger charge is -2.22. The normalized spacial score (nSPS) is 14.2. The van der Waals surface area contributed by atoms with Gasteiger partial charge in [-0.3, -0.25) is 0 Å². The predicted molar refractivity (Wildman–Crippen MR) is 58.4 cm³/mol. The Morgan fingerprint density at radius 3 is 2.44 bits per heavy atom. The first-order valence-corrected chi connectivity index (χ1v) is 5.40. The van der Waals surface area contributed by atoms with Crippen LogP contribution in [0.5, 0.6) is 11.5 Å². The predicted octanol–water partition coefficient (Wildman–Crippen LogP) is 2.38. The number of hydrogen-bond acceptors (Lipinski definition) is 4. The molecule has 0 amide bonds. The lowest BCUT2D eigenvalue weighted by molar-refractivity contribution is -0.170. The Morgan fingerprint density at radius 2 is 1.89 bits per heavy atom. The largest absolute Gasteiger partial charge is 0.486 e. The van der Waals surface area contributed by atoms with Crippen molar-refractivity contribution in [2.45, 2.75) is 5.92 Å². The highest BCUT2D eigenvalue weighted by atomic mass is 35.5. The molecule has 0 saturated heterocycles. The number of methoxy groups -OCH3 is 1. The maximum atomic E-state index is 13.7. The van der Waals surface area contributed by atoms with Crippen molar-refractivity contribution >= 4 is 17.6 Å².